The second kappa shape index (κ2) is 8.43. The SMILES string of the molecule is O=C(Nc1cc(Cl)c(COc2ccc(F)cn2)cc1F)N1[C@H]2CC[C@@H]1c1n[nH]c(=O)cc1C2. The van der Waals surface area contributed by atoms with Gasteiger partial charge in [0.15, 0.2) is 0 Å². The molecule has 33 heavy (non-hydrogen) atoms. The van der Waals surface area contributed by atoms with Crippen LogP contribution in [-0.2, 0) is 13.0 Å². The fourth-order valence-electron chi connectivity index (χ4n) is 4.39. The number of hydrogen-bond donors (Lipinski definition) is 2. The zero-order valence-corrected chi connectivity index (χ0v) is 17.9. The van der Waals surface area contributed by atoms with Crippen molar-refractivity contribution in [3.8, 4) is 5.88 Å². The molecule has 0 spiro atoms. The number of nitrogens with zero attached hydrogens (tertiary/aromatic N) is 3. The number of carbonyl (C=O) groups excluding carboxylic acids is 1. The van der Waals surface area contributed by atoms with Crippen LogP contribution in [0.15, 0.2) is 41.3 Å². The normalized spacial score (nSPS) is 18.7. The minimum Gasteiger partial charge on any atom is -0.473 e. The standard InChI is InChI=1S/C22H18ClF2N5O3/c23-15-8-17(16(25)6-12(15)10-33-20-4-1-13(24)9-26-20)27-22(32)30-14-2-3-18(30)21-11(5-14)7-19(31)28-29-21/h1,4,6-9,14,18H,2-3,5,10H2,(H,27,32)(H,28,31)/t14-,18+/m0/s1. The average Bonchev–Trinajstić information content (AvgIpc) is 3.11. The third-order valence-electron chi connectivity index (χ3n) is 5.88. The Morgan fingerprint density at radius 2 is 2.12 bits per heavy atom. The summed E-state index contributed by atoms with van der Waals surface area (Å²) in [5.74, 6) is -1.01. The number of aromatic nitrogens is 3. The second-order valence-electron chi connectivity index (χ2n) is 7.96. The predicted molar refractivity (Wildman–Crippen MR) is 115 cm³/mol. The Bertz CT molecular complexity index is 1280. The van der Waals surface area contributed by atoms with Crippen LogP contribution >= 0.6 is 11.6 Å². The molecule has 0 aliphatic carbocycles. The molecule has 170 valence electrons. The first-order valence-corrected chi connectivity index (χ1v) is 10.7. The van der Waals surface area contributed by atoms with Crippen LogP contribution in [0, 0.1) is 11.6 Å². The van der Waals surface area contributed by atoms with Crippen LogP contribution in [0.3, 0.4) is 0 Å². The van der Waals surface area contributed by atoms with E-state index < -0.39 is 17.7 Å². The van der Waals surface area contributed by atoms with Crippen molar-refractivity contribution in [1.82, 2.24) is 20.1 Å². The van der Waals surface area contributed by atoms with Gasteiger partial charge >= 0.3 is 6.03 Å². The maximum Gasteiger partial charge on any atom is 0.322 e. The molecule has 2 N–H and O–H groups in total. The fourth-order valence-corrected chi connectivity index (χ4v) is 4.61. The van der Waals surface area contributed by atoms with Crippen molar-refractivity contribution in [2.75, 3.05) is 5.32 Å². The van der Waals surface area contributed by atoms with E-state index in [-0.39, 0.29) is 40.8 Å². The first-order valence-electron chi connectivity index (χ1n) is 10.3. The molecule has 2 bridgehead atoms. The first-order chi connectivity index (χ1) is 15.9. The molecule has 1 saturated heterocycles. The van der Waals surface area contributed by atoms with Crippen LogP contribution in [0.2, 0.25) is 5.02 Å². The molecule has 2 amide bonds. The number of rotatable bonds is 4. The van der Waals surface area contributed by atoms with E-state index in [1.807, 2.05) is 0 Å². The van der Waals surface area contributed by atoms with Crippen molar-refractivity contribution in [2.24, 2.45) is 0 Å². The lowest BCUT2D eigenvalue weighted by atomic mass is 9.99. The van der Waals surface area contributed by atoms with Crippen LogP contribution < -0.4 is 15.6 Å². The minimum absolute atomic E-state index is 0.0618. The zero-order chi connectivity index (χ0) is 23.1. The van der Waals surface area contributed by atoms with Gasteiger partial charge < -0.3 is 15.0 Å². The molecule has 8 nitrogen and oxygen atoms in total. The number of halogens is 3. The van der Waals surface area contributed by atoms with Gasteiger partial charge in [0.25, 0.3) is 5.56 Å². The molecular weight excluding hydrogens is 456 g/mol. The molecule has 0 saturated carbocycles. The molecule has 5 rings (SSSR count). The summed E-state index contributed by atoms with van der Waals surface area (Å²) in [7, 11) is 0. The van der Waals surface area contributed by atoms with Gasteiger partial charge in [0.1, 0.15) is 18.2 Å². The lowest BCUT2D eigenvalue weighted by Gasteiger charge is -2.35. The van der Waals surface area contributed by atoms with Gasteiger partial charge in [-0.3, -0.25) is 4.79 Å². The summed E-state index contributed by atoms with van der Waals surface area (Å²) in [6, 6.07) is 5.72. The molecule has 3 aromatic rings. The lowest BCUT2D eigenvalue weighted by molar-refractivity contribution is 0.177. The predicted octanol–water partition coefficient (Wildman–Crippen LogP) is 3.97. The Kier molecular flexibility index (Phi) is 5.45. The smallest absolute Gasteiger partial charge is 0.322 e. The maximum absolute atomic E-state index is 14.8. The molecule has 1 fully saturated rings. The van der Waals surface area contributed by atoms with Crippen molar-refractivity contribution in [3.63, 3.8) is 0 Å². The van der Waals surface area contributed by atoms with Gasteiger partial charge in [-0.15, -0.1) is 0 Å². The van der Waals surface area contributed by atoms with E-state index >= 15 is 0 Å². The van der Waals surface area contributed by atoms with E-state index in [9.17, 15) is 18.4 Å². The van der Waals surface area contributed by atoms with Crippen molar-refractivity contribution in [3.05, 3.63) is 80.4 Å². The number of hydrogen-bond acceptors (Lipinski definition) is 5. The molecule has 4 heterocycles. The molecule has 11 heteroatoms. The topological polar surface area (TPSA) is 100 Å². The average molecular weight is 474 g/mol. The van der Waals surface area contributed by atoms with Crippen LogP contribution in [0.1, 0.15) is 35.7 Å². The monoisotopic (exact) mass is 473 g/mol. The van der Waals surface area contributed by atoms with E-state index in [0.717, 1.165) is 18.2 Å². The van der Waals surface area contributed by atoms with Gasteiger partial charge in [-0.25, -0.2) is 23.7 Å². The van der Waals surface area contributed by atoms with Gasteiger partial charge in [0.2, 0.25) is 5.88 Å². The summed E-state index contributed by atoms with van der Waals surface area (Å²) in [5, 5.41) is 9.36. The third-order valence-corrected chi connectivity index (χ3v) is 6.23. The number of fused-ring (bicyclic) bond motifs is 4. The Labute approximate surface area is 191 Å². The Morgan fingerprint density at radius 1 is 1.27 bits per heavy atom. The molecule has 2 aromatic heterocycles. The Morgan fingerprint density at radius 3 is 2.91 bits per heavy atom. The molecule has 0 unspecified atom stereocenters. The lowest BCUT2D eigenvalue weighted by Crippen LogP contribution is -2.45. The van der Waals surface area contributed by atoms with Crippen LogP contribution in [-0.4, -0.2) is 32.2 Å². The van der Waals surface area contributed by atoms with Crippen LogP contribution in [0.4, 0.5) is 19.3 Å². The van der Waals surface area contributed by atoms with E-state index in [4.69, 9.17) is 16.3 Å². The highest BCUT2D eigenvalue weighted by atomic mass is 35.5. The van der Waals surface area contributed by atoms with Gasteiger partial charge in [0, 0.05) is 28.8 Å². The maximum atomic E-state index is 14.8. The van der Waals surface area contributed by atoms with E-state index in [2.05, 4.69) is 20.5 Å². The van der Waals surface area contributed by atoms with Gasteiger partial charge in [-0.05, 0) is 43.0 Å². The summed E-state index contributed by atoms with van der Waals surface area (Å²) >= 11 is 6.28. The third kappa shape index (κ3) is 4.13. The number of H-pyrrole nitrogens is 1. The summed E-state index contributed by atoms with van der Waals surface area (Å²) in [5.41, 5.74) is 1.51. The van der Waals surface area contributed by atoms with Crippen LogP contribution in [0.25, 0.3) is 0 Å². The number of anilines is 1. The molecule has 2 aliphatic rings. The van der Waals surface area contributed by atoms with Gasteiger partial charge in [0.05, 0.1) is 23.6 Å². The number of pyridine rings is 1. The fraction of sp³-hybridized carbons (Fsp3) is 0.273. The van der Waals surface area contributed by atoms with Crippen molar-refractivity contribution < 1.29 is 18.3 Å². The zero-order valence-electron chi connectivity index (χ0n) is 17.1. The number of nitrogens with one attached hydrogen (secondary N) is 2. The van der Waals surface area contributed by atoms with Crippen molar-refractivity contribution in [1.29, 1.82) is 0 Å². The highest BCUT2D eigenvalue weighted by Gasteiger charge is 2.44. The van der Waals surface area contributed by atoms with E-state index in [1.54, 1.807) is 4.90 Å². The largest absolute Gasteiger partial charge is 0.473 e. The second-order valence-corrected chi connectivity index (χ2v) is 8.37. The van der Waals surface area contributed by atoms with Gasteiger partial charge in [-0.2, -0.15) is 5.10 Å². The summed E-state index contributed by atoms with van der Waals surface area (Å²) in [4.78, 5) is 30.0. The number of benzene rings is 1. The quantitative estimate of drug-likeness (QED) is 0.597. The minimum atomic E-state index is -0.675. The Balaban J connectivity index is 1.31. The summed E-state index contributed by atoms with van der Waals surface area (Å²) < 4.78 is 33.1. The number of ether oxygens (including phenoxy) is 1. The number of aromatic amines is 1. The van der Waals surface area contributed by atoms with E-state index in [1.165, 1.54) is 30.3 Å². The van der Waals surface area contributed by atoms with Crippen molar-refractivity contribution >= 4 is 23.3 Å². The van der Waals surface area contributed by atoms with Crippen LogP contribution in [0.5, 0.6) is 5.88 Å². The molecule has 2 atom stereocenters. The molecule has 2 aliphatic heterocycles. The summed E-state index contributed by atoms with van der Waals surface area (Å²) in [6.45, 7) is -0.0838. The van der Waals surface area contributed by atoms with E-state index in [0.29, 0.717) is 24.1 Å². The molecule has 1 aromatic carbocycles. The summed E-state index contributed by atoms with van der Waals surface area (Å²) in [6.07, 6.45) is 3.00. The van der Waals surface area contributed by atoms with Gasteiger partial charge in [-0.1, -0.05) is 11.6 Å². The highest BCUT2D eigenvalue weighted by molar-refractivity contribution is 6.31. The highest BCUT2D eigenvalue weighted by Crippen LogP contribution is 2.42. The number of urea groups is 1. The van der Waals surface area contributed by atoms with Crippen molar-refractivity contribution in [2.45, 2.75) is 38.0 Å². The first kappa shape index (κ1) is 21.3. The molecular formula is C22H18ClF2N5O3. The molecule has 0 radical (unpaired) electrons. The number of carbonyl (C=O) groups is 1. The Hall–Kier alpha value is -3.53. The number of amides is 2.